The fraction of sp³-hybridized carbons (Fsp3) is 0.312. The molecule has 110 valence electrons. The van der Waals surface area contributed by atoms with E-state index in [-0.39, 0.29) is 6.04 Å². The van der Waals surface area contributed by atoms with Gasteiger partial charge in [0, 0.05) is 29.8 Å². The number of ether oxygens (including phenoxy) is 1. The molecule has 0 fully saturated rings. The highest BCUT2D eigenvalue weighted by Crippen LogP contribution is 2.31. The number of hydrogen-bond donors (Lipinski definition) is 1. The molecule has 5 heteroatoms. The van der Waals surface area contributed by atoms with E-state index in [4.69, 9.17) is 14.9 Å². The first kappa shape index (κ1) is 13.7. The summed E-state index contributed by atoms with van der Waals surface area (Å²) < 4.78 is 13.0. The van der Waals surface area contributed by atoms with Crippen LogP contribution in [0.15, 0.2) is 28.7 Å². The summed E-state index contributed by atoms with van der Waals surface area (Å²) in [7, 11) is 3.56. The van der Waals surface area contributed by atoms with E-state index in [9.17, 15) is 0 Å². The van der Waals surface area contributed by atoms with Crippen LogP contribution in [0.1, 0.15) is 28.8 Å². The van der Waals surface area contributed by atoms with Gasteiger partial charge >= 0.3 is 0 Å². The molecule has 1 aromatic carbocycles. The fourth-order valence-electron chi connectivity index (χ4n) is 2.69. The lowest BCUT2D eigenvalue weighted by Crippen LogP contribution is -2.13. The van der Waals surface area contributed by atoms with E-state index in [1.54, 1.807) is 7.11 Å². The zero-order chi connectivity index (χ0) is 15.1. The van der Waals surface area contributed by atoms with Crippen LogP contribution in [0.2, 0.25) is 0 Å². The number of nitrogens with zero attached hydrogens (tertiary/aromatic N) is 2. The van der Waals surface area contributed by atoms with Crippen LogP contribution in [-0.2, 0) is 7.05 Å². The van der Waals surface area contributed by atoms with Crippen molar-refractivity contribution < 1.29 is 9.15 Å². The van der Waals surface area contributed by atoms with Gasteiger partial charge in [0.25, 0.3) is 0 Å². The van der Waals surface area contributed by atoms with E-state index < -0.39 is 0 Å². The van der Waals surface area contributed by atoms with Crippen molar-refractivity contribution in [3.63, 3.8) is 0 Å². The SMILES string of the molecule is COc1ccc2cc(C(N)c3c(C)nn(C)c3C)oc2c1. The Morgan fingerprint density at radius 1 is 1.29 bits per heavy atom. The van der Waals surface area contributed by atoms with Crippen LogP contribution >= 0.6 is 0 Å². The zero-order valence-electron chi connectivity index (χ0n) is 12.7. The van der Waals surface area contributed by atoms with E-state index in [1.165, 1.54) is 0 Å². The molecule has 0 spiro atoms. The lowest BCUT2D eigenvalue weighted by Gasteiger charge is -2.09. The van der Waals surface area contributed by atoms with E-state index in [0.717, 1.165) is 39.4 Å². The number of hydrogen-bond acceptors (Lipinski definition) is 4. The largest absolute Gasteiger partial charge is 0.497 e. The first-order valence-electron chi connectivity index (χ1n) is 6.84. The van der Waals surface area contributed by atoms with Crippen LogP contribution in [0.3, 0.4) is 0 Å². The Morgan fingerprint density at radius 2 is 2.05 bits per heavy atom. The Kier molecular flexibility index (Phi) is 3.22. The summed E-state index contributed by atoms with van der Waals surface area (Å²) >= 11 is 0. The summed E-state index contributed by atoms with van der Waals surface area (Å²) in [5.74, 6) is 1.50. The number of nitrogens with two attached hydrogens (primary N) is 1. The normalized spacial score (nSPS) is 12.8. The number of rotatable bonds is 3. The minimum absolute atomic E-state index is 0.322. The molecule has 0 amide bonds. The highest BCUT2D eigenvalue weighted by atomic mass is 16.5. The molecule has 1 unspecified atom stereocenters. The molecular formula is C16H19N3O2. The Balaban J connectivity index is 2.07. The van der Waals surface area contributed by atoms with Gasteiger partial charge in [-0.15, -0.1) is 0 Å². The van der Waals surface area contributed by atoms with Gasteiger partial charge in [0.1, 0.15) is 17.1 Å². The van der Waals surface area contributed by atoms with Crippen LogP contribution < -0.4 is 10.5 Å². The van der Waals surface area contributed by atoms with Crippen LogP contribution in [-0.4, -0.2) is 16.9 Å². The molecule has 1 atom stereocenters. The summed E-state index contributed by atoms with van der Waals surface area (Å²) in [6.45, 7) is 3.98. The molecule has 0 aliphatic heterocycles. The van der Waals surface area contributed by atoms with Crippen molar-refractivity contribution in [2.45, 2.75) is 19.9 Å². The molecular weight excluding hydrogens is 266 g/mol. The summed E-state index contributed by atoms with van der Waals surface area (Å²) in [5, 5.41) is 5.43. The third-order valence-electron chi connectivity index (χ3n) is 3.93. The molecule has 2 heterocycles. The van der Waals surface area contributed by atoms with Gasteiger partial charge < -0.3 is 14.9 Å². The molecule has 0 saturated heterocycles. The number of aryl methyl sites for hydroxylation is 2. The van der Waals surface area contributed by atoms with Gasteiger partial charge in [-0.3, -0.25) is 4.68 Å². The third kappa shape index (κ3) is 2.19. The van der Waals surface area contributed by atoms with Gasteiger partial charge in [-0.2, -0.15) is 5.10 Å². The number of furan rings is 1. The van der Waals surface area contributed by atoms with E-state index >= 15 is 0 Å². The van der Waals surface area contributed by atoms with E-state index in [0.29, 0.717) is 0 Å². The predicted molar refractivity (Wildman–Crippen MR) is 81.5 cm³/mol. The molecule has 2 N–H and O–H groups in total. The topological polar surface area (TPSA) is 66.2 Å². The molecule has 0 aliphatic rings. The maximum absolute atomic E-state index is 6.39. The van der Waals surface area contributed by atoms with E-state index in [1.807, 2.05) is 49.8 Å². The third-order valence-corrected chi connectivity index (χ3v) is 3.93. The maximum atomic E-state index is 6.39. The van der Waals surface area contributed by atoms with Gasteiger partial charge in [0.2, 0.25) is 0 Å². The highest BCUT2D eigenvalue weighted by Gasteiger charge is 2.21. The van der Waals surface area contributed by atoms with Crippen molar-refractivity contribution in [3.8, 4) is 5.75 Å². The molecule has 3 aromatic rings. The highest BCUT2D eigenvalue weighted by molar-refractivity contribution is 5.79. The van der Waals surface area contributed by atoms with Crippen molar-refractivity contribution in [1.82, 2.24) is 9.78 Å². The summed E-state index contributed by atoms with van der Waals surface area (Å²) in [6, 6.07) is 7.40. The molecule has 5 nitrogen and oxygen atoms in total. The monoisotopic (exact) mass is 285 g/mol. The Hall–Kier alpha value is -2.27. The van der Waals surface area contributed by atoms with Crippen molar-refractivity contribution >= 4 is 11.0 Å². The number of fused-ring (bicyclic) bond motifs is 1. The summed E-state index contributed by atoms with van der Waals surface area (Å²) in [4.78, 5) is 0. The van der Waals surface area contributed by atoms with Crippen LogP contribution in [0.4, 0.5) is 0 Å². The minimum atomic E-state index is -0.322. The number of benzene rings is 1. The van der Waals surface area contributed by atoms with Gasteiger partial charge in [0.15, 0.2) is 0 Å². The average molecular weight is 285 g/mol. The Bertz CT molecular complexity index is 801. The zero-order valence-corrected chi connectivity index (χ0v) is 12.7. The quantitative estimate of drug-likeness (QED) is 0.803. The Morgan fingerprint density at radius 3 is 2.67 bits per heavy atom. The predicted octanol–water partition coefficient (Wildman–Crippen LogP) is 2.84. The summed E-state index contributed by atoms with van der Waals surface area (Å²) in [6.07, 6.45) is 0. The van der Waals surface area contributed by atoms with Gasteiger partial charge in [-0.1, -0.05) is 0 Å². The average Bonchev–Trinajstić information content (AvgIpc) is 2.99. The van der Waals surface area contributed by atoms with Crippen molar-refractivity contribution in [2.24, 2.45) is 12.8 Å². The van der Waals surface area contributed by atoms with Gasteiger partial charge in [-0.05, 0) is 32.0 Å². The van der Waals surface area contributed by atoms with Crippen molar-refractivity contribution in [3.05, 3.63) is 47.0 Å². The molecule has 0 aliphatic carbocycles. The van der Waals surface area contributed by atoms with Gasteiger partial charge in [-0.25, -0.2) is 0 Å². The number of aromatic nitrogens is 2. The fourth-order valence-corrected chi connectivity index (χ4v) is 2.69. The molecule has 2 aromatic heterocycles. The molecule has 0 bridgehead atoms. The van der Waals surface area contributed by atoms with Crippen LogP contribution in [0.25, 0.3) is 11.0 Å². The Labute approximate surface area is 123 Å². The molecule has 21 heavy (non-hydrogen) atoms. The molecule has 0 saturated carbocycles. The second-order valence-electron chi connectivity index (χ2n) is 5.24. The first-order chi connectivity index (χ1) is 10.0. The van der Waals surface area contributed by atoms with Crippen LogP contribution in [0.5, 0.6) is 5.75 Å². The minimum Gasteiger partial charge on any atom is -0.497 e. The second-order valence-corrected chi connectivity index (χ2v) is 5.24. The van der Waals surface area contributed by atoms with Crippen molar-refractivity contribution in [2.75, 3.05) is 7.11 Å². The standard InChI is InChI=1S/C16H19N3O2/c1-9-15(10(2)19(3)18-9)16(17)14-7-11-5-6-12(20-4)8-13(11)21-14/h5-8,16H,17H2,1-4H3. The lowest BCUT2D eigenvalue weighted by atomic mass is 10.0. The molecule has 0 radical (unpaired) electrons. The lowest BCUT2D eigenvalue weighted by molar-refractivity contribution is 0.414. The van der Waals surface area contributed by atoms with Crippen molar-refractivity contribution in [1.29, 1.82) is 0 Å². The maximum Gasteiger partial charge on any atom is 0.138 e. The molecule has 3 rings (SSSR count). The number of methoxy groups -OCH3 is 1. The van der Waals surface area contributed by atoms with E-state index in [2.05, 4.69) is 5.10 Å². The smallest absolute Gasteiger partial charge is 0.138 e. The first-order valence-corrected chi connectivity index (χ1v) is 6.84. The second kappa shape index (κ2) is 4.93. The summed E-state index contributed by atoms with van der Waals surface area (Å²) in [5.41, 5.74) is 10.2. The van der Waals surface area contributed by atoms with Crippen LogP contribution in [0, 0.1) is 13.8 Å². The van der Waals surface area contributed by atoms with Gasteiger partial charge in [0.05, 0.1) is 18.8 Å².